The van der Waals surface area contributed by atoms with Gasteiger partial charge in [-0.2, -0.15) is 31.1 Å². The lowest BCUT2D eigenvalue weighted by Crippen LogP contribution is -2.51. The molecule has 13 heavy (non-hydrogen) atoms. The molecule has 0 aromatic heterocycles. The van der Waals surface area contributed by atoms with Gasteiger partial charge in [0.05, 0.1) is 0 Å². The van der Waals surface area contributed by atoms with E-state index < -0.39 is 24.7 Å². The van der Waals surface area contributed by atoms with Gasteiger partial charge >= 0.3 is 24.7 Å². The van der Waals surface area contributed by atoms with Gasteiger partial charge in [-0.1, -0.05) is 0 Å². The number of rotatable bonds is 3. The molecule has 0 fully saturated rings. The largest absolute Gasteiger partial charge is 0.375 e. The molecule has 0 atom stereocenters. The maximum Gasteiger partial charge on any atom is 0.375 e. The molecule has 0 amide bonds. The van der Waals surface area contributed by atoms with Crippen LogP contribution in [0, 0.1) is 0 Å². The summed E-state index contributed by atoms with van der Waals surface area (Å²) in [6.45, 7) is 0. The average Bonchev–Trinajstić information content (AvgIpc) is 1.86. The van der Waals surface area contributed by atoms with Crippen molar-refractivity contribution in [1.29, 1.82) is 0 Å². The van der Waals surface area contributed by atoms with E-state index in [-0.39, 0.29) is 13.5 Å². The molecule has 0 aliphatic carbocycles. The third kappa shape index (κ3) is 2.61. The Hall–Kier alpha value is -0.210. The molecule has 82 valence electrons. The Morgan fingerprint density at radius 1 is 0.615 bits per heavy atom. The molecular weight excluding hydrogens is 232 g/mol. The van der Waals surface area contributed by atoms with Crippen LogP contribution in [0.5, 0.6) is 0 Å². The quantitative estimate of drug-likeness (QED) is 0.661. The zero-order valence-electron chi connectivity index (χ0n) is 5.68. The molecule has 0 spiro atoms. The van der Waals surface area contributed by atoms with Crippen molar-refractivity contribution in [2.75, 3.05) is 0 Å². The normalized spacial score (nSPS) is 13.4. The van der Waals surface area contributed by atoms with Crippen LogP contribution in [0.15, 0.2) is 0 Å². The lowest BCUT2D eigenvalue weighted by atomic mass is 10.2. The Morgan fingerprint density at radius 3 is 0.846 bits per heavy atom. The number of alkyl halides is 8. The van der Waals surface area contributed by atoms with Crippen LogP contribution in [-0.2, 0) is 0 Å². The van der Waals surface area contributed by atoms with Crippen molar-refractivity contribution >= 4 is 13.5 Å². The Labute approximate surface area is 74.4 Å². The highest BCUT2D eigenvalue weighted by atomic mass is 32.1. The molecule has 0 aromatic rings. The highest BCUT2D eigenvalue weighted by Gasteiger charge is 2.68. The molecule has 0 aromatic carbocycles. The van der Waals surface area contributed by atoms with Gasteiger partial charge in [0.2, 0.25) is 0 Å². The van der Waals surface area contributed by atoms with Gasteiger partial charge in [0.15, 0.2) is 0 Å². The minimum atomic E-state index is -6.00. The molecule has 0 aliphatic heterocycles. The van der Waals surface area contributed by atoms with E-state index in [1.54, 1.807) is 0 Å². The van der Waals surface area contributed by atoms with Crippen molar-refractivity contribution < 1.29 is 35.1 Å². The van der Waals surface area contributed by atoms with Crippen LogP contribution in [0.2, 0.25) is 0 Å². The van der Waals surface area contributed by atoms with E-state index in [0.717, 1.165) is 0 Å². The number of hydrogen-bond donors (Lipinski definition) is 0. The Kier molecular flexibility index (Phi) is 5.09. The van der Waals surface area contributed by atoms with Gasteiger partial charge in [0, 0.05) is 0 Å². The molecule has 0 nitrogen and oxygen atoms in total. The maximum atomic E-state index is 11.6. The fraction of sp³-hybridized carbons (Fsp3) is 1.00. The monoisotopic (exact) mass is 236 g/mol. The summed E-state index contributed by atoms with van der Waals surface area (Å²) in [6.07, 6.45) is -9.64. The topological polar surface area (TPSA) is 0 Å². The van der Waals surface area contributed by atoms with Gasteiger partial charge in [-0.15, -0.1) is 0 Å². The molecule has 0 unspecified atom stereocenters. The number of halogens is 8. The summed E-state index contributed by atoms with van der Waals surface area (Å²) < 4.78 is 90.8. The molecule has 0 rings (SSSR count). The Bertz CT molecular complexity index is 136. The van der Waals surface area contributed by atoms with Crippen LogP contribution >= 0.6 is 13.5 Å². The van der Waals surface area contributed by atoms with Crippen molar-refractivity contribution in [3.63, 3.8) is 0 Å². The van der Waals surface area contributed by atoms with Crippen LogP contribution in [0.1, 0.15) is 0 Å². The summed E-state index contributed by atoms with van der Waals surface area (Å²) in [5.41, 5.74) is 0. The third-order valence-corrected chi connectivity index (χ3v) is 0.993. The first-order valence-electron chi connectivity index (χ1n) is 2.46. The van der Waals surface area contributed by atoms with Crippen LogP contribution in [0.4, 0.5) is 35.1 Å². The SMILES string of the molecule is FC(F)C(F)(F)C(F)(F)C(F)F.S. The first kappa shape index (κ1) is 15.3. The van der Waals surface area contributed by atoms with Gasteiger partial charge < -0.3 is 0 Å². The van der Waals surface area contributed by atoms with E-state index in [4.69, 9.17) is 0 Å². The summed E-state index contributed by atoms with van der Waals surface area (Å²) in [7, 11) is 0. The molecule has 0 heterocycles. The maximum absolute atomic E-state index is 11.6. The van der Waals surface area contributed by atoms with Crippen molar-refractivity contribution in [3.05, 3.63) is 0 Å². The molecule has 0 N–H and O–H groups in total. The van der Waals surface area contributed by atoms with Gasteiger partial charge in [-0.05, 0) is 0 Å². The lowest BCUT2D eigenvalue weighted by Gasteiger charge is -2.24. The summed E-state index contributed by atoms with van der Waals surface area (Å²) >= 11 is 0. The second-order valence-corrected chi connectivity index (χ2v) is 1.85. The molecular formula is C4H4F8S. The van der Waals surface area contributed by atoms with E-state index in [0.29, 0.717) is 0 Å². The van der Waals surface area contributed by atoms with Gasteiger partial charge in [0.25, 0.3) is 0 Å². The van der Waals surface area contributed by atoms with E-state index >= 15 is 0 Å². The fourth-order valence-corrected chi connectivity index (χ4v) is 0.291. The molecule has 0 saturated carbocycles. The van der Waals surface area contributed by atoms with Crippen molar-refractivity contribution in [3.8, 4) is 0 Å². The smallest absolute Gasteiger partial charge is 0.203 e. The summed E-state index contributed by atoms with van der Waals surface area (Å²) in [5, 5.41) is 0. The highest BCUT2D eigenvalue weighted by Crippen LogP contribution is 2.42. The summed E-state index contributed by atoms with van der Waals surface area (Å²) in [6, 6.07) is 0. The van der Waals surface area contributed by atoms with Crippen molar-refractivity contribution in [1.82, 2.24) is 0 Å². The fourth-order valence-electron chi connectivity index (χ4n) is 0.291. The zero-order valence-corrected chi connectivity index (χ0v) is 6.68. The molecule has 0 saturated heterocycles. The van der Waals surface area contributed by atoms with Gasteiger partial charge in [-0.25, -0.2) is 17.6 Å². The van der Waals surface area contributed by atoms with Gasteiger partial charge in [0.1, 0.15) is 0 Å². The van der Waals surface area contributed by atoms with Crippen LogP contribution in [0.3, 0.4) is 0 Å². The predicted octanol–water partition coefficient (Wildman–Crippen LogP) is 2.90. The van der Waals surface area contributed by atoms with E-state index in [1.165, 1.54) is 0 Å². The van der Waals surface area contributed by atoms with Crippen molar-refractivity contribution in [2.24, 2.45) is 0 Å². The predicted molar refractivity (Wildman–Crippen MR) is 32.3 cm³/mol. The minimum absolute atomic E-state index is 0. The standard InChI is InChI=1S/C4H2F8.H2S/c5-1(6)3(9,10)4(11,12)2(7)8;/h1-2H;1H2. The Morgan fingerprint density at radius 2 is 0.769 bits per heavy atom. The van der Waals surface area contributed by atoms with E-state index in [9.17, 15) is 35.1 Å². The third-order valence-electron chi connectivity index (χ3n) is 0.993. The molecule has 0 bridgehead atoms. The number of hydrogen-bond acceptors (Lipinski definition) is 0. The van der Waals surface area contributed by atoms with Crippen LogP contribution in [0.25, 0.3) is 0 Å². The Balaban J connectivity index is 0. The first-order valence-corrected chi connectivity index (χ1v) is 2.46. The van der Waals surface area contributed by atoms with E-state index in [1.807, 2.05) is 0 Å². The summed E-state index contributed by atoms with van der Waals surface area (Å²) in [5.74, 6) is -12.0. The average molecular weight is 236 g/mol. The van der Waals surface area contributed by atoms with Crippen molar-refractivity contribution in [2.45, 2.75) is 24.7 Å². The second kappa shape index (κ2) is 4.34. The molecule has 0 aliphatic rings. The highest BCUT2D eigenvalue weighted by molar-refractivity contribution is 7.59. The lowest BCUT2D eigenvalue weighted by molar-refractivity contribution is -0.303. The first-order chi connectivity index (χ1) is 5.14. The van der Waals surface area contributed by atoms with Gasteiger partial charge in [-0.3, -0.25) is 0 Å². The minimum Gasteiger partial charge on any atom is -0.203 e. The summed E-state index contributed by atoms with van der Waals surface area (Å²) in [4.78, 5) is 0. The second-order valence-electron chi connectivity index (χ2n) is 1.85. The molecule has 0 radical (unpaired) electrons. The van der Waals surface area contributed by atoms with E-state index in [2.05, 4.69) is 0 Å². The van der Waals surface area contributed by atoms with Crippen LogP contribution < -0.4 is 0 Å². The van der Waals surface area contributed by atoms with Crippen LogP contribution in [-0.4, -0.2) is 24.7 Å². The zero-order chi connectivity index (χ0) is 10.2. The molecule has 9 heteroatoms.